The molecule has 0 radical (unpaired) electrons. The Labute approximate surface area is 140 Å². The van der Waals surface area contributed by atoms with Crippen LogP contribution in [0, 0.1) is 0 Å². The maximum Gasteiger partial charge on any atom is 0.202 e. The van der Waals surface area contributed by atoms with Gasteiger partial charge >= 0.3 is 0 Å². The normalized spacial score (nSPS) is 20.4. The van der Waals surface area contributed by atoms with Crippen LogP contribution in [0.3, 0.4) is 0 Å². The van der Waals surface area contributed by atoms with Gasteiger partial charge in [-0.3, -0.25) is 0 Å². The SMILES string of the molecule is CCOc1ccc(OCC)c(-n2c(O)c3c(c2O)C2C=CC3C2)c1. The zero-order chi connectivity index (χ0) is 16.8. The van der Waals surface area contributed by atoms with Crippen LogP contribution in [0.2, 0.25) is 0 Å². The van der Waals surface area contributed by atoms with Crippen LogP contribution in [0.5, 0.6) is 23.3 Å². The maximum absolute atomic E-state index is 10.8. The number of hydrogen-bond donors (Lipinski definition) is 2. The Balaban J connectivity index is 1.89. The molecule has 2 atom stereocenters. The van der Waals surface area contributed by atoms with E-state index in [1.54, 1.807) is 12.1 Å². The van der Waals surface area contributed by atoms with E-state index in [1.165, 1.54) is 4.57 Å². The van der Waals surface area contributed by atoms with E-state index in [0.717, 1.165) is 17.5 Å². The van der Waals surface area contributed by atoms with Gasteiger partial charge in [-0.25, -0.2) is 4.57 Å². The molecule has 0 aliphatic heterocycles. The minimum absolute atomic E-state index is 0.0916. The lowest BCUT2D eigenvalue weighted by Crippen LogP contribution is -2.02. The van der Waals surface area contributed by atoms with Crippen LogP contribution in [0.4, 0.5) is 0 Å². The number of ether oxygens (including phenoxy) is 2. The summed E-state index contributed by atoms with van der Waals surface area (Å²) in [4.78, 5) is 0. The first-order valence-corrected chi connectivity index (χ1v) is 8.40. The number of benzene rings is 1. The molecule has 24 heavy (non-hydrogen) atoms. The fourth-order valence-corrected chi connectivity index (χ4v) is 3.87. The van der Waals surface area contributed by atoms with Crippen molar-refractivity contribution in [1.82, 2.24) is 4.57 Å². The van der Waals surface area contributed by atoms with Crippen molar-refractivity contribution in [2.24, 2.45) is 0 Å². The molecule has 2 N–H and O–H groups in total. The summed E-state index contributed by atoms with van der Waals surface area (Å²) in [7, 11) is 0. The molecule has 5 nitrogen and oxygen atoms in total. The van der Waals surface area contributed by atoms with Crippen molar-refractivity contribution in [3.05, 3.63) is 41.5 Å². The van der Waals surface area contributed by atoms with Gasteiger partial charge < -0.3 is 19.7 Å². The Bertz CT molecular complexity index is 786. The minimum atomic E-state index is 0.0916. The van der Waals surface area contributed by atoms with E-state index < -0.39 is 0 Å². The van der Waals surface area contributed by atoms with Gasteiger partial charge in [-0.05, 0) is 32.4 Å². The van der Waals surface area contributed by atoms with Crippen LogP contribution in [-0.2, 0) is 0 Å². The van der Waals surface area contributed by atoms with Crippen molar-refractivity contribution in [2.45, 2.75) is 32.1 Å². The molecule has 1 aromatic heterocycles. The largest absolute Gasteiger partial charge is 0.494 e. The molecule has 0 saturated carbocycles. The molecule has 2 aliphatic rings. The molecule has 126 valence electrons. The molecular weight excluding hydrogens is 306 g/mol. The third-order valence-corrected chi connectivity index (χ3v) is 4.80. The molecule has 2 aliphatic carbocycles. The van der Waals surface area contributed by atoms with Gasteiger partial charge in [0.15, 0.2) is 0 Å². The van der Waals surface area contributed by atoms with Crippen LogP contribution in [0.15, 0.2) is 30.4 Å². The lowest BCUT2D eigenvalue weighted by molar-refractivity contribution is 0.326. The van der Waals surface area contributed by atoms with Crippen molar-refractivity contribution in [2.75, 3.05) is 13.2 Å². The Morgan fingerprint density at radius 2 is 1.62 bits per heavy atom. The molecule has 2 bridgehead atoms. The predicted octanol–water partition coefficient (Wildman–Crippen LogP) is 3.83. The molecule has 2 aromatic rings. The van der Waals surface area contributed by atoms with Gasteiger partial charge in [-0.1, -0.05) is 12.2 Å². The standard InChI is InChI=1S/C19H21NO4/c1-3-23-13-7-8-15(24-4-2)14(10-13)20-18(21)16-11-5-6-12(9-11)17(16)19(20)22/h5-8,10-12,21-22H,3-4,9H2,1-2H3. The quantitative estimate of drug-likeness (QED) is 0.819. The van der Waals surface area contributed by atoms with Gasteiger partial charge in [0.05, 0.1) is 18.9 Å². The molecule has 1 heterocycles. The summed E-state index contributed by atoms with van der Waals surface area (Å²) < 4.78 is 12.7. The highest BCUT2D eigenvalue weighted by Gasteiger charge is 2.41. The molecular formula is C19H21NO4. The van der Waals surface area contributed by atoms with E-state index in [1.807, 2.05) is 19.9 Å². The van der Waals surface area contributed by atoms with Crippen LogP contribution < -0.4 is 9.47 Å². The first kappa shape index (κ1) is 15.0. The highest BCUT2D eigenvalue weighted by atomic mass is 16.5. The smallest absolute Gasteiger partial charge is 0.202 e. The van der Waals surface area contributed by atoms with E-state index in [9.17, 15) is 10.2 Å². The number of rotatable bonds is 5. The highest BCUT2D eigenvalue weighted by Crippen LogP contribution is 2.57. The van der Waals surface area contributed by atoms with E-state index in [4.69, 9.17) is 9.47 Å². The van der Waals surface area contributed by atoms with E-state index in [2.05, 4.69) is 12.2 Å². The number of aromatic hydroxyl groups is 2. The Morgan fingerprint density at radius 1 is 1.00 bits per heavy atom. The summed E-state index contributed by atoms with van der Waals surface area (Å²) in [6.07, 6.45) is 5.15. The summed E-state index contributed by atoms with van der Waals surface area (Å²) in [6, 6.07) is 5.42. The van der Waals surface area contributed by atoms with Gasteiger partial charge in [-0.2, -0.15) is 0 Å². The summed E-state index contributed by atoms with van der Waals surface area (Å²) in [5.41, 5.74) is 2.26. The van der Waals surface area contributed by atoms with Gasteiger partial charge in [0.2, 0.25) is 11.8 Å². The number of fused-ring (bicyclic) bond motifs is 5. The Hall–Kier alpha value is -2.56. The molecule has 4 rings (SSSR count). The van der Waals surface area contributed by atoms with Crippen molar-refractivity contribution >= 4 is 0 Å². The third-order valence-electron chi connectivity index (χ3n) is 4.80. The van der Waals surface area contributed by atoms with Gasteiger partial charge in [-0.15, -0.1) is 0 Å². The first-order valence-electron chi connectivity index (χ1n) is 8.40. The van der Waals surface area contributed by atoms with Crippen molar-refractivity contribution in [3.8, 4) is 28.9 Å². The zero-order valence-corrected chi connectivity index (χ0v) is 13.8. The summed E-state index contributed by atoms with van der Waals surface area (Å²) in [6.45, 7) is 4.86. The molecule has 0 saturated heterocycles. The average molecular weight is 327 g/mol. The van der Waals surface area contributed by atoms with Crippen LogP contribution >= 0.6 is 0 Å². The Morgan fingerprint density at radius 3 is 2.21 bits per heavy atom. The summed E-state index contributed by atoms with van der Waals surface area (Å²) >= 11 is 0. The molecule has 0 spiro atoms. The van der Waals surface area contributed by atoms with Gasteiger partial charge in [0, 0.05) is 29.0 Å². The second kappa shape index (κ2) is 5.51. The van der Waals surface area contributed by atoms with Crippen LogP contribution in [0.1, 0.15) is 43.2 Å². The summed E-state index contributed by atoms with van der Waals surface area (Å²) in [5, 5.41) is 21.6. The molecule has 2 unspecified atom stereocenters. The van der Waals surface area contributed by atoms with Crippen LogP contribution in [-0.4, -0.2) is 28.0 Å². The molecule has 0 fully saturated rings. The maximum atomic E-state index is 10.8. The minimum Gasteiger partial charge on any atom is -0.494 e. The predicted molar refractivity (Wildman–Crippen MR) is 90.7 cm³/mol. The topological polar surface area (TPSA) is 63.9 Å². The van der Waals surface area contributed by atoms with Crippen molar-refractivity contribution in [3.63, 3.8) is 0 Å². The highest BCUT2D eigenvalue weighted by molar-refractivity contribution is 5.65. The third kappa shape index (κ3) is 2.00. The molecule has 5 heteroatoms. The lowest BCUT2D eigenvalue weighted by Gasteiger charge is -2.16. The second-order valence-corrected chi connectivity index (χ2v) is 6.14. The van der Waals surface area contributed by atoms with Crippen LogP contribution in [0.25, 0.3) is 5.69 Å². The zero-order valence-electron chi connectivity index (χ0n) is 13.8. The number of nitrogens with zero attached hydrogens (tertiary/aromatic N) is 1. The molecule has 1 aromatic carbocycles. The fourth-order valence-electron chi connectivity index (χ4n) is 3.87. The lowest BCUT2D eigenvalue weighted by atomic mass is 10.0. The Kier molecular flexibility index (Phi) is 3.44. The number of aromatic nitrogens is 1. The second-order valence-electron chi connectivity index (χ2n) is 6.14. The number of allylic oxidation sites excluding steroid dienone is 2. The summed E-state index contributed by atoms with van der Waals surface area (Å²) in [5.74, 6) is 1.82. The van der Waals surface area contributed by atoms with Gasteiger partial charge in [0.1, 0.15) is 11.5 Å². The molecule has 0 amide bonds. The monoisotopic (exact) mass is 327 g/mol. The number of hydrogen-bond acceptors (Lipinski definition) is 4. The fraction of sp³-hybridized carbons (Fsp3) is 0.368. The van der Waals surface area contributed by atoms with E-state index >= 15 is 0 Å². The first-order chi connectivity index (χ1) is 11.7. The average Bonchev–Trinajstić information content (AvgIpc) is 3.24. The van der Waals surface area contributed by atoms with E-state index in [-0.39, 0.29) is 23.6 Å². The van der Waals surface area contributed by atoms with Crippen molar-refractivity contribution in [1.29, 1.82) is 0 Å². The van der Waals surface area contributed by atoms with Gasteiger partial charge in [0.25, 0.3) is 0 Å². The van der Waals surface area contributed by atoms with Crippen molar-refractivity contribution < 1.29 is 19.7 Å². The van der Waals surface area contributed by atoms with E-state index in [0.29, 0.717) is 30.4 Å².